The molecule has 3 unspecified atom stereocenters. The van der Waals surface area contributed by atoms with Crippen LogP contribution in [0, 0.1) is 5.82 Å². The molecule has 5 heteroatoms. The van der Waals surface area contributed by atoms with Crippen molar-refractivity contribution in [3.63, 3.8) is 0 Å². The first-order valence-corrected chi connectivity index (χ1v) is 10.2. The van der Waals surface area contributed by atoms with E-state index in [4.69, 9.17) is 32.7 Å². The molecule has 1 heterocycles. The Morgan fingerprint density at radius 2 is 2.00 bits per heavy atom. The smallest absolute Gasteiger partial charge is 0.130 e. The van der Waals surface area contributed by atoms with Crippen LogP contribution in [-0.4, -0.2) is 19.3 Å². The molecule has 0 N–H and O–H groups in total. The molecular formula is C22H25Cl2FO2. The van der Waals surface area contributed by atoms with E-state index in [9.17, 15) is 4.39 Å². The third-order valence-electron chi connectivity index (χ3n) is 5.34. The van der Waals surface area contributed by atoms with Crippen molar-refractivity contribution in [2.24, 2.45) is 0 Å². The molecule has 2 aromatic carbocycles. The van der Waals surface area contributed by atoms with Gasteiger partial charge in [-0.05, 0) is 60.4 Å². The largest absolute Gasteiger partial charge is 0.491 e. The summed E-state index contributed by atoms with van der Waals surface area (Å²) in [6, 6.07) is 10.8. The molecule has 2 aromatic rings. The maximum Gasteiger partial charge on any atom is 0.130 e. The van der Waals surface area contributed by atoms with E-state index < -0.39 is 0 Å². The fourth-order valence-corrected chi connectivity index (χ4v) is 4.08. The van der Waals surface area contributed by atoms with Crippen molar-refractivity contribution < 1.29 is 13.9 Å². The first-order chi connectivity index (χ1) is 13.0. The van der Waals surface area contributed by atoms with Crippen molar-refractivity contribution in [2.45, 2.75) is 51.0 Å². The van der Waals surface area contributed by atoms with Gasteiger partial charge in [0, 0.05) is 12.7 Å². The Bertz CT molecular complexity index is 775. The van der Waals surface area contributed by atoms with E-state index in [-0.39, 0.29) is 23.8 Å². The average molecular weight is 411 g/mol. The van der Waals surface area contributed by atoms with Crippen LogP contribution in [0.15, 0.2) is 36.4 Å². The standard InChI is InChI=1S/C22H25Cl2FO2/c1-3-18(15-6-9-20(23)21(24)11-15)14(2)19-8-7-16(12-22(19)25)27-13-17-5-4-10-26-17/h6-9,11-12,14,17-18H,3-5,10,13H2,1-2H3. The van der Waals surface area contributed by atoms with Crippen LogP contribution in [0.1, 0.15) is 56.1 Å². The lowest BCUT2D eigenvalue weighted by Crippen LogP contribution is -2.16. The lowest BCUT2D eigenvalue weighted by molar-refractivity contribution is 0.0678. The van der Waals surface area contributed by atoms with E-state index in [2.05, 4.69) is 6.92 Å². The highest BCUT2D eigenvalue weighted by molar-refractivity contribution is 6.42. The Kier molecular flexibility index (Phi) is 7.02. The van der Waals surface area contributed by atoms with Crippen molar-refractivity contribution in [1.82, 2.24) is 0 Å². The minimum Gasteiger partial charge on any atom is -0.491 e. The van der Waals surface area contributed by atoms with Crippen molar-refractivity contribution in [1.29, 1.82) is 0 Å². The quantitative estimate of drug-likeness (QED) is 0.489. The molecular weight excluding hydrogens is 386 g/mol. The van der Waals surface area contributed by atoms with E-state index >= 15 is 0 Å². The number of ether oxygens (including phenoxy) is 2. The Balaban J connectivity index is 1.74. The van der Waals surface area contributed by atoms with Gasteiger partial charge in [0.15, 0.2) is 0 Å². The van der Waals surface area contributed by atoms with Crippen LogP contribution in [0.4, 0.5) is 4.39 Å². The molecule has 0 radical (unpaired) electrons. The van der Waals surface area contributed by atoms with Crippen molar-refractivity contribution in [3.8, 4) is 5.75 Å². The summed E-state index contributed by atoms with van der Waals surface area (Å²) in [4.78, 5) is 0. The second-order valence-corrected chi connectivity index (χ2v) is 7.92. The summed E-state index contributed by atoms with van der Waals surface area (Å²) < 4.78 is 26.0. The molecule has 27 heavy (non-hydrogen) atoms. The van der Waals surface area contributed by atoms with Crippen molar-refractivity contribution in [2.75, 3.05) is 13.2 Å². The van der Waals surface area contributed by atoms with Crippen LogP contribution in [-0.2, 0) is 4.74 Å². The third kappa shape index (κ3) is 4.96. The van der Waals surface area contributed by atoms with Gasteiger partial charge in [0.05, 0.1) is 16.1 Å². The Labute approximate surface area is 170 Å². The summed E-state index contributed by atoms with van der Waals surface area (Å²) in [5, 5.41) is 1.06. The fraction of sp³-hybridized carbons (Fsp3) is 0.455. The summed E-state index contributed by atoms with van der Waals surface area (Å²) in [6.07, 6.45) is 3.05. The van der Waals surface area contributed by atoms with Gasteiger partial charge >= 0.3 is 0 Å². The van der Waals surface area contributed by atoms with E-state index in [1.54, 1.807) is 6.07 Å². The van der Waals surface area contributed by atoms with Crippen LogP contribution in [0.5, 0.6) is 5.75 Å². The number of hydrogen-bond donors (Lipinski definition) is 0. The molecule has 1 saturated heterocycles. The second-order valence-electron chi connectivity index (χ2n) is 7.11. The molecule has 2 nitrogen and oxygen atoms in total. The third-order valence-corrected chi connectivity index (χ3v) is 6.08. The first kappa shape index (κ1) is 20.4. The maximum absolute atomic E-state index is 14.8. The second kappa shape index (κ2) is 9.27. The molecule has 1 aliphatic heterocycles. The normalized spacial score (nSPS) is 19.1. The topological polar surface area (TPSA) is 18.5 Å². The van der Waals surface area contributed by atoms with Crippen LogP contribution < -0.4 is 4.74 Å². The fourth-order valence-electron chi connectivity index (χ4n) is 3.77. The zero-order valence-corrected chi connectivity index (χ0v) is 17.2. The molecule has 146 valence electrons. The van der Waals surface area contributed by atoms with Gasteiger partial charge in [-0.2, -0.15) is 0 Å². The lowest BCUT2D eigenvalue weighted by Gasteiger charge is -2.25. The molecule has 1 aliphatic rings. The highest BCUT2D eigenvalue weighted by Crippen LogP contribution is 2.39. The first-order valence-electron chi connectivity index (χ1n) is 9.48. The van der Waals surface area contributed by atoms with Gasteiger partial charge in [0.1, 0.15) is 18.2 Å². The van der Waals surface area contributed by atoms with Crippen LogP contribution in [0.2, 0.25) is 10.0 Å². The summed E-state index contributed by atoms with van der Waals surface area (Å²) in [5.41, 5.74) is 1.75. The van der Waals surface area contributed by atoms with Gasteiger partial charge in [-0.15, -0.1) is 0 Å². The number of benzene rings is 2. The summed E-state index contributed by atoms with van der Waals surface area (Å²) in [5.74, 6) is 0.444. The molecule has 0 amide bonds. The molecule has 0 saturated carbocycles. The Morgan fingerprint density at radius 1 is 1.19 bits per heavy atom. The summed E-state index contributed by atoms with van der Waals surface area (Å²) in [7, 11) is 0. The van der Waals surface area contributed by atoms with Gasteiger partial charge in [0.25, 0.3) is 0 Å². The molecule has 0 aromatic heterocycles. The highest BCUT2D eigenvalue weighted by Gasteiger charge is 2.23. The lowest BCUT2D eigenvalue weighted by atomic mass is 9.81. The monoisotopic (exact) mass is 410 g/mol. The Hall–Kier alpha value is -1.29. The highest BCUT2D eigenvalue weighted by atomic mass is 35.5. The van der Waals surface area contributed by atoms with E-state index in [0.29, 0.717) is 28.0 Å². The minimum absolute atomic E-state index is 0.000502. The molecule has 0 aliphatic carbocycles. The molecule has 0 spiro atoms. The van der Waals surface area contributed by atoms with Crippen LogP contribution in [0.25, 0.3) is 0 Å². The average Bonchev–Trinajstić information content (AvgIpc) is 3.17. The van der Waals surface area contributed by atoms with Crippen molar-refractivity contribution in [3.05, 3.63) is 63.4 Å². The van der Waals surface area contributed by atoms with E-state index in [0.717, 1.165) is 31.4 Å². The summed E-state index contributed by atoms with van der Waals surface area (Å²) in [6.45, 7) is 5.39. The van der Waals surface area contributed by atoms with E-state index in [1.807, 2.05) is 31.2 Å². The van der Waals surface area contributed by atoms with Crippen molar-refractivity contribution >= 4 is 23.2 Å². The van der Waals surface area contributed by atoms with Crippen LogP contribution in [0.3, 0.4) is 0 Å². The maximum atomic E-state index is 14.8. The van der Waals surface area contributed by atoms with Gasteiger partial charge in [0.2, 0.25) is 0 Å². The van der Waals surface area contributed by atoms with Gasteiger partial charge in [-0.3, -0.25) is 0 Å². The Morgan fingerprint density at radius 3 is 2.63 bits per heavy atom. The van der Waals surface area contributed by atoms with E-state index in [1.165, 1.54) is 6.07 Å². The van der Waals surface area contributed by atoms with Gasteiger partial charge < -0.3 is 9.47 Å². The number of halogens is 3. The molecule has 0 bridgehead atoms. The van der Waals surface area contributed by atoms with Gasteiger partial charge in [-0.25, -0.2) is 4.39 Å². The zero-order valence-electron chi connectivity index (χ0n) is 15.7. The number of hydrogen-bond acceptors (Lipinski definition) is 2. The predicted octanol–water partition coefficient (Wildman–Crippen LogP) is 6.99. The predicted molar refractivity (Wildman–Crippen MR) is 109 cm³/mol. The molecule has 1 fully saturated rings. The molecule has 3 rings (SSSR count). The zero-order chi connectivity index (χ0) is 19.4. The minimum atomic E-state index is -0.245. The van der Waals surface area contributed by atoms with Gasteiger partial charge in [-0.1, -0.05) is 49.2 Å². The number of rotatable bonds is 7. The SMILES string of the molecule is CCC(c1ccc(Cl)c(Cl)c1)C(C)c1ccc(OCC2CCCO2)cc1F. The summed E-state index contributed by atoms with van der Waals surface area (Å²) >= 11 is 12.2. The molecule has 3 atom stereocenters. The van der Waals surface area contributed by atoms with Crippen LogP contribution >= 0.6 is 23.2 Å².